The molecule has 2 saturated heterocycles. The van der Waals surface area contributed by atoms with Gasteiger partial charge in [0.15, 0.2) is 5.11 Å². The highest BCUT2D eigenvalue weighted by atomic mass is 32.1. The number of ether oxygens (including phenoxy) is 2. The lowest BCUT2D eigenvalue weighted by Gasteiger charge is -2.28. The van der Waals surface area contributed by atoms with E-state index >= 15 is 0 Å². The molecule has 0 unspecified atom stereocenters. The van der Waals surface area contributed by atoms with Gasteiger partial charge in [-0.3, -0.25) is 4.98 Å². The molecule has 170 valence electrons. The Kier molecular flexibility index (Phi) is 6.11. The van der Waals surface area contributed by atoms with Crippen LogP contribution in [0.5, 0.6) is 0 Å². The van der Waals surface area contributed by atoms with Gasteiger partial charge in [-0.1, -0.05) is 18.2 Å². The Labute approximate surface area is 197 Å². The van der Waals surface area contributed by atoms with E-state index in [1.54, 1.807) is 18.3 Å². The van der Waals surface area contributed by atoms with Crippen molar-refractivity contribution in [1.29, 1.82) is 0 Å². The lowest BCUT2D eigenvalue weighted by atomic mass is 10.0. The number of furan rings is 1. The molecule has 3 atom stereocenters. The topological polar surface area (TPSA) is 76.8 Å². The van der Waals surface area contributed by atoms with Gasteiger partial charge in [0.2, 0.25) is 0 Å². The second-order valence-corrected chi connectivity index (χ2v) is 8.58. The van der Waals surface area contributed by atoms with Gasteiger partial charge in [0, 0.05) is 24.9 Å². The molecule has 33 heavy (non-hydrogen) atoms. The molecule has 5 rings (SSSR count). The zero-order valence-corrected chi connectivity index (χ0v) is 19.1. The maximum Gasteiger partial charge on any atom is 0.337 e. The third-order valence-corrected chi connectivity index (χ3v) is 6.46. The molecule has 2 aliphatic heterocycles. The fraction of sp³-hybridized carbons (Fsp3) is 0.320. The Balaban J connectivity index is 1.49. The van der Waals surface area contributed by atoms with Gasteiger partial charge >= 0.3 is 5.97 Å². The number of pyridine rings is 1. The molecule has 0 radical (unpaired) electrons. The van der Waals surface area contributed by atoms with Crippen LogP contribution in [-0.4, -0.2) is 47.3 Å². The van der Waals surface area contributed by atoms with Crippen LogP contribution in [0.1, 0.15) is 46.7 Å². The van der Waals surface area contributed by atoms with Crippen molar-refractivity contribution in [3.8, 4) is 11.3 Å². The first-order valence-electron chi connectivity index (χ1n) is 11.0. The molecule has 2 fully saturated rings. The van der Waals surface area contributed by atoms with E-state index < -0.39 is 0 Å². The normalized spacial score (nSPS) is 22.4. The highest BCUT2D eigenvalue weighted by molar-refractivity contribution is 7.80. The van der Waals surface area contributed by atoms with Crippen LogP contribution in [0.25, 0.3) is 11.3 Å². The van der Waals surface area contributed by atoms with Crippen LogP contribution in [0.2, 0.25) is 0 Å². The number of carbonyl (C=O) groups is 1. The van der Waals surface area contributed by atoms with Crippen molar-refractivity contribution >= 4 is 23.3 Å². The lowest BCUT2D eigenvalue weighted by Crippen LogP contribution is -2.36. The van der Waals surface area contributed by atoms with Crippen LogP contribution in [0.4, 0.5) is 0 Å². The Morgan fingerprint density at radius 3 is 2.91 bits per heavy atom. The lowest BCUT2D eigenvalue weighted by molar-refractivity contribution is 0.0600. The number of nitrogens with zero attached hydrogens (tertiary/aromatic N) is 2. The van der Waals surface area contributed by atoms with Crippen molar-refractivity contribution in [1.82, 2.24) is 15.2 Å². The predicted molar refractivity (Wildman–Crippen MR) is 127 cm³/mol. The van der Waals surface area contributed by atoms with Crippen molar-refractivity contribution < 1.29 is 18.7 Å². The highest BCUT2D eigenvalue weighted by Gasteiger charge is 2.42. The van der Waals surface area contributed by atoms with Crippen LogP contribution < -0.4 is 5.32 Å². The third-order valence-electron chi connectivity index (χ3n) is 6.11. The van der Waals surface area contributed by atoms with Gasteiger partial charge in [-0.25, -0.2) is 4.79 Å². The quantitative estimate of drug-likeness (QED) is 0.429. The molecule has 0 bridgehead atoms. The van der Waals surface area contributed by atoms with Crippen LogP contribution in [0.15, 0.2) is 65.2 Å². The molecule has 0 aliphatic carbocycles. The zero-order valence-electron chi connectivity index (χ0n) is 18.3. The monoisotopic (exact) mass is 463 g/mol. The Hall–Kier alpha value is -3.23. The van der Waals surface area contributed by atoms with E-state index in [1.165, 1.54) is 7.11 Å². The summed E-state index contributed by atoms with van der Waals surface area (Å²) in [5.74, 6) is 1.06. The molecule has 0 spiro atoms. The molecule has 2 aliphatic rings. The van der Waals surface area contributed by atoms with Gasteiger partial charge in [0.1, 0.15) is 17.6 Å². The third kappa shape index (κ3) is 4.36. The molecule has 1 aromatic carbocycles. The largest absolute Gasteiger partial charge is 0.465 e. The number of aromatic nitrogens is 1. The van der Waals surface area contributed by atoms with Crippen LogP contribution >= 0.6 is 12.2 Å². The average Bonchev–Trinajstić information content (AvgIpc) is 3.61. The summed E-state index contributed by atoms with van der Waals surface area (Å²) in [5.41, 5.74) is 2.17. The summed E-state index contributed by atoms with van der Waals surface area (Å²) in [6.45, 7) is 1.47. The number of esters is 1. The summed E-state index contributed by atoms with van der Waals surface area (Å²) in [5, 5.41) is 4.11. The summed E-state index contributed by atoms with van der Waals surface area (Å²) in [6.07, 6.45) is 4.00. The van der Waals surface area contributed by atoms with Crippen molar-refractivity contribution in [2.75, 3.05) is 20.3 Å². The number of benzene rings is 1. The van der Waals surface area contributed by atoms with Gasteiger partial charge in [-0.05, 0) is 61.5 Å². The summed E-state index contributed by atoms with van der Waals surface area (Å²) < 4.78 is 17.1. The molecule has 0 amide bonds. The molecule has 2 aromatic heterocycles. The zero-order chi connectivity index (χ0) is 22.8. The minimum atomic E-state index is -0.382. The summed E-state index contributed by atoms with van der Waals surface area (Å²) in [4.78, 5) is 18.7. The molecule has 3 aromatic rings. The van der Waals surface area contributed by atoms with Gasteiger partial charge in [-0.2, -0.15) is 0 Å². The molecule has 8 heteroatoms. The first-order valence-corrected chi connectivity index (χ1v) is 11.4. The van der Waals surface area contributed by atoms with Crippen molar-refractivity contribution in [3.63, 3.8) is 0 Å². The molecular formula is C25H25N3O4S. The fourth-order valence-corrected chi connectivity index (χ4v) is 4.82. The second kappa shape index (κ2) is 9.33. The van der Waals surface area contributed by atoms with E-state index in [2.05, 4.69) is 15.2 Å². The Morgan fingerprint density at radius 1 is 1.24 bits per heavy atom. The maximum atomic E-state index is 12.0. The highest BCUT2D eigenvalue weighted by Crippen LogP contribution is 2.41. The summed E-state index contributed by atoms with van der Waals surface area (Å²) in [6, 6.07) is 16.6. The number of hydrogen-bond acceptors (Lipinski definition) is 6. The standard InChI is InChI=1S/C25H25N3O4S/c1-30-24(29)17-7-4-6-16(14-17)20-10-11-21(32-20)23-22(19-9-2-3-12-26-19)27-25(33)28(23)15-18-8-5-13-31-18/h2-4,6-7,9-12,14,18,22-23H,5,8,13,15H2,1H3,(H,27,33)/t18-,22+,23+/m0/s1. The smallest absolute Gasteiger partial charge is 0.337 e. The number of rotatable bonds is 6. The number of carbonyl (C=O) groups excluding carboxylic acids is 1. The molecule has 0 saturated carbocycles. The number of thiocarbonyl (C=S) groups is 1. The van der Waals surface area contributed by atoms with Gasteiger partial charge < -0.3 is 24.1 Å². The molecule has 1 N–H and O–H groups in total. The van der Waals surface area contributed by atoms with Crippen molar-refractivity contribution in [2.45, 2.75) is 31.0 Å². The SMILES string of the molecule is COC(=O)c1cccc(-c2ccc([C@@H]3[C@@H](c4ccccn4)NC(=S)N3C[C@@H]3CCCO3)o2)c1. The fourth-order valence-electron chi connectivity index (χ4n) is 4.50. The van der Waals surface area contributed by atoms with Crippen LogP contribution in [-0.2, 0) is 9.47 Å². The van der Waals surface area contributed by atoms with E-state index in [4.69, 9.17) is 26.1 Å². The Morgan fingerprint density at radius 2 is 2.15 bits per heavy atom. The van der Waals surface area contributed by atoms with E-state index in [9.17, 15) is 4.79 Å². The van der Waals surface area contributed by atoms with Gasteiger partial charge in [0.05, 0.1) is 30.5 Å². The molecular weight excluding hydrogens is 438 g/mol. The van der Waals surface area contributed by atoms with E-state index in [0.717, 1.165) is 36.5 Å². The van der Waals surface area contributed by atoms with Crippen LogP contribution in [0, 0.1) is 0 Å². The summed E-state index contributed by atoms with van der Waals surface area (Å²) in [7, 11) is 1.37. The molecule has 7 nitrogen and oxygen atoms in total. The minimum Gasteiger partial charge on any atom is -0.465 e. The van der Waals surface area contributed by atoms with E-state index in [1.807, 2.05) is 42.5 Å². The maximum absolute atomic E-state index is 12.0. The van der Waals surface area contributed by atoms with E-state index in [0.29, 0.717) is 23.0 Å². The van der Waals surface area contributed by atoms with Gasteiger partial charge in [0.25, 0.3) is 0 Å². The first-order chi connectivity index (χ1) is 16.1. The van der Waals surface area contributed by atoms with Crippen LogP contribution in [0.3, 0.4) is 0 Å². The minimum absolute atomic E-state index is 0.140. The second-order valence-electron chi connectivity index (χ2n) is 8.19. The van der Waals surface area contributed by atoms with Crippen molar-refractivity contribution in [3.05, 3.63) is 77.8 Å². The molecule has 4 heterocycles. The average molecular weight is 464 g/mol. The summed E-state index contributed by atoms with van der Waals surface area (Å²) >= 11 is 5.73. The Bertz CT molecular complexity index is 1140. The first kappa shape index (κ1) is 21.6. The number of methoxy groups -OCH3 is 1. The van der Waals surface area contributed by atoms with Gasteiger partial charge in [-0.15, -0.1) is 0 Å². The van der Waals surface area contributed by atoms with Crippen molar-refractivity contribution in [2.24, 2.45) is 0 Å². The number of nitrogens with one attached hydrogen (secondary N) is 1. The predicted octanol–water partition coefficient (Wildman–Crippen LogP) is 4.28. The number of hydrogen-bond donors (Lipinski definition) is 1. The van der Waals surface area contributed by atoms with E-state index in [-0.39, 0.29) is 24.2 Å².